The zero-order chi connectivity index (χ0) is 17.2. The summed E-state index contributed by atoms with van der Waals surface area (Å²) in [6.07, 6.45) is 15.1. The van der Waals surface area contributed by atoms with E-state index < -0.39 is 6.10 Å². The van der Waals surface area contributed by atoms with E-state index in [0.29, 0.717) is 6.61 Å². The summed E-state index contributed by atoms with van der Waals surface area (Å²) in [5.74, 6) is 0. The van der Waals surface area contributed by atoms with Gasteiger partial charge >= 0.3 is 0 Å². The molecule has 0 aromatic carbocycles. The van der Waals surface area contributed by atoms with Crippen LogP contribution in [0.25, 0.3) is 0 Å². The second-order valence-corrected chi connectivity index (χ2v) is 6.56. The summed E-state index contributed by atoms with van der Waals surface area (Å²) in [6.45, 7) is 2.68. The Labute approximate surface area is 143 Å². The first-order valence-corrected chi connectivity index (χ1v) is 9.64. The van der Waals surface area contributed by atoms with Crippen LogP contribution in [0.2, 0.25) is 0 Å². The highest BCUT2D eigenvalue weighted by molar-refractivity contribution is 4.59. The molecular weight excluding hydrogens is 292 g/mol. The van der Waals surface area contributed by atoms with Crippen LogP contribution >= 0.6 is 0 Å². The molecule has 2 N–H and O–H groups in total. The molecule has 2 atom stereocenters. The van der Waals surface area contributed by atoms with E-state index in [4.69, 9.17) is 14.6 Å². The van der Waals surface area contributed by atoms with Crippen LogP contribution in [0.1, 0.15) is 84.0 Å². The second-order valence-electron chi connectivity index (χ2n) is 6.56. The Kier molecular flexibility index (Phi) is 18.1. The summed E-state index contributed by atoms with van der Waals surface area (Å²) in [5, 5.41) is 17.9. The van der Waals surface area contributed by atoms with E-state index in [1.54, 1.807) is 7.11 Å². The maximum absolute atomic E-state index is 9.20. The van der Waals surface area contributed by atoms with E-state index in [-0.39, 0.29) is 19.3 Å². The highest BCUT2D eigenvalue weighted by Crippen LogP contribution is 2.13. The molecule has 0 saturated carbocycles. The maximum Gasteiger partial charge on any atom is 0.100 e. The van der Waals surface area contributed by atoms with E-state index in [1.807, 2.05) is 0 Å². The third-order valence-corrected chi connectivity index (χ3v) is 4.29. The quantitative estimate of drug-likeness (QED) is 0.371. The van der Waals surface area contributed by atoms with Gasteiger partial charge in [-0.2, -0.15) is 0 Å². The highest BCUT2D eigenvalue weighted by atomic mass is 16.5. The van der Waals surface area contributed by atoms with Crippen molar-refractivity contribution in [3.8, 4) is 0 Å². The van der Waals surface area contributed by atoms with Gasteiger partial charge in [-0.3, -0.25) is 0 Å². The third kappa shape index (κ3) is 16.5. The van der Waals surface area contributed by atoms with E-state index in [0.717, 1.165) is 6.42 Å². The predicted molar refractivity (Wildman–Crippen MR) is 95.8 cm³/mol. The normalized spacial score (nSPS) is 14.1. The Hall–Kier alpha value is -0.160. The molecule has 0 rings (SSSR count). The zero-order valence-corrected chi connectivity index (χ0v) is 15.5. The molecule has 4 heteroatoms. The van der Waals surface area contributed by atoms with Crippen molar-refractivity contribution < 1.29 is 19.7 Å². The lowest BCUT2D eigenvalue weighted by molar-refractivity contribution is -0.0381. The molecule has 2 unspecified atom stereocenters. The van der Waals surface area contributed by atoms with Crippen LogP contribution in [0.15, 0.2) is 0 Å². The van der Waals surface area contributed by atoms with Crippen molar-refractivity contribution in [2.45, 2.75) is 96.2 Å². The molecule has 0 aliphatic rings. The number of aliphatic hydroxyl groups is 2. The molecule has 0 aliphatic carbocycles. The predicted octanol–water partition coefficient (Wildman–Crippen LogP) is 4.07. The maximum atomic E-state index is 9.20. The van der Waals surface area contributed by atoms with Gasteiger partial charge in [0.25, 0.3) is 0 Å². The lowest BCUT2D eigenvalue weighted by Crippen LogP contribution is -2.24. The molecule has 0 aliphatic heterocycles. The van der Waals surface area contributed by atoms with E-state index >= 15 is 0 Å². The molecule has 23 heavy (non-hydrogen) atoms. The van der Waals surface area contributed by atoms with Crippen LogP contribution < -0.4 is 0 Å². The average Bonchev–Trinajstić information content (AvgIpc) is 2.57. The van der Waals surface area contributed by atoms with Gasteiger partial charge in [0.05, 0.1) is 25.9 Å². The zero-order valence-electron chi connectivity index (χ0n) is 15.5. The minimum atomic E-state index is -0.783. The van der Waals surface area contributed by atoms with Crippen molar-refractivity contribution >= 4 is 0 Å². The largest absolute Gasteiger partial charge is 0.394 e. The molecule has 0 saturated heterocycles. The van der Waals surface area contributed by atoms with Crippen molar-refractivity contribution in [3.63, 3.8) is 0 Å². The van der Waals surface area contributed by atoms with Gasteiger partial charge in [-0.15, -0.1) is 0 Å². The second kappa shape index (κ2) is 18.2. The van der Waals surface area contributed by atoms with Crippen LogP contribution in [-0.2, 0) is 9.47 Å². The monoisotopic (exact) mass is 332 g/mol. The van der Waals surface area contributed by atoms with Crippen LogP contribution in [0, 0.1) is 0 Å². The Morgan fingerprint density at radius 2 is 1.30 bits per heavy atom. The van der Waals surface area contributed by atoms with E-state index in [2.05, 4.69) is 6.92 Å². The summed E-state index contributed by atoms with van der Waals surface area (Å²) in [7, 11) is 1.70. The van der Waals surface area contributed by atoms with Crippen LogP contribution in [0.5, 0.6) is 0 Å². The molecule has 0 radical (unpaired) electrons. The molecule has 0 bridgehead atoms. The number of hydrogen-bond acceptors (Lipinski definition) is 4. The van der Waals surface area contributed by atoms with Gasteiger partial charge in [0.1, 0.15) is 6.10 Å². The summed E-state index contributed by atoms with van der Waals surface area (Å²) in [4.78, 5) is 0. The standard InChI is InChI=1S/C19H40O4/c1-3-4-5-6-7-8-9-10-11-12-13-14-19(22-2)17-23-16-18(21)15-20/h18-21H,3-17H2,1-2H3. The van der Waals surface area contributed by atoms with Crippen molar-refractivity contribution in [1.29, 1.82) is 0 Å². The first kappa shape index (κ1) is 22.8. The molecule has 0 heterocycles. The van der Waals surface area contributed by atoms with Crippen molar-refractivity contribution in [3.05, 3.63) is 0 Å². The summed E-state index contributed by atoms with van der Waals surface area (Å²) in [5.41, 5.74) is 0. The minimum absolute atomic E-state index is 0.0967. The van der Waals surface area contributed by atoms with Crippen molar-refractivity contribution in [1.82, 2.24) is 0 Å². The van der Waals surface area contributed by atoms with Crippen LogP contribution in [0.4, 0.5) is 0 Å². The molecule has 140 valence electrons. The fourth-order valence-corrected chi connectivity index (χ4v) is 2.69. The molecule has 0 spiro atoms. The van der Waals surface area contributed by atoms with E-state index in [1.165, 1.54) is 70.6 Å². The summed E-state index contributed by atoms with van der Waals surface area (Å²) < 4.78 is 10.7. The highest BCUT2D eigenvalue weighted by Gasteiger charge is 2.09. The first-order valence-electron chi connectivity index (χ1n) is 9.64. The number of ether oxygens (including phenoxy) is 2. The molecular formula is C19H40O4. The number of rotatable bonds is 18. The van der Waals surface area contributed by atoms with Crippen molar-refractivity contribution in [2.75, 3.05) is 26.9 Å². The number of aliphatic hydroxyl groups excluding tert-OH is 2. The summed E-state index contributed by atoms with van der Waals surface area (Å²) >= 11 is 0. The SMILES string of the molecule is CCCCCCCCCCCCCC(COCC(O)CO)OC. The lowest BCUT2D eigenvalue weighted by atomic mass is 10.0. The fourth-order valence-electron chi connectivity index (χ4n) is 2.69. The van der Waals surface area contributed by atoms with Gasteiger partial charge in [0, 0.05) is 7.11 Å². The molecule has 0 aromatic heterocycles. The Bertz CT molecular complexity index is 223. The number of unbranched alkanes of at least 4 members (excludes halogenated alkanes) is 10. The summed E-state index contributed by atoms with van der Waals surface area (Å²) in [6, 6.07) is 0. The van der Waals surface area contributed by atoms with Crippen LogP contribution in [-0.4, -0.2) is 49.4 Å². The molecule has 0 aromatic rings. The van der Waals surface area contributed by atoms with E-state index in [9.17, 15) is 5.11 Å². The van der Waals surface area contributed by atoms with Crippen LogP contribution in [0.3, 0.4) is 0 Å². The molecule has 4 nitrogen and oxygen atoms in total. The molecule has 0 amide bonds. The Morgan fingerprint density at radius 1 is 0.783 bits per heavy atom. The van der Waals surface area contributed by atoms with Gasteiger partial charge in [-0.1, -0.05) is 77.6 Å². The molecule has 0 fully saturated rings. The Morgan fingerprint density at radius 3 is 1.78 bits per heavy atom. The topological polar surface area (TPSA) is 58.9 Å². The first-order chi connectivity index (χ1) is 11.2. The smallest absolute Gasteiger partial charge is 0.100 e. The lowest BCUT2D eigenvalue weighted by Gasteiger charge is -2.16. The minimum Gasteiger partial charge on any atom is -0.394 e. The Balaban J connectivity index is 3.30. The van der Waals surface area contributed by atoms with Gasteiger partial charge < -0.3 is 19.7 Å². The fraction of sp³-hybridized carbons (Fsp3) is 1.00. The number of methoxy groups -OCH3 is 1. The van der Waals surface area contributed by atoms with Gasteiger partial charge in [0.15, 0.2) is 0 Å². The van der Waals surface area contributed by atoms with Gasteiger partial charge in [0.2, 0.25) is 0 Å². The number of hydrogen-bond donors (Lipinski definition) is 2. The van der Waals surface area contributed by atoms with Crippen molar-refractivity contribution in [2.24, 2.45) is 0 Å². The average molecular weight is 333 g/mol. The van der Waals surface area contributed by atoms with Gasteiger partial charge in [-0.25, -0.2) is 0 Å². The third-order valence-electron chi connectivity index (χ3n) is 4.29. The van der Waals surface area contributed by atoms with Gasteiger partial charge in [-0.05, 0) is 6.42 Å².